The first-order valence-electron chi connectivity index (χ1n) is 10.1. The summed E-state index contributed by atoms with van der Waals surface area (Å²) in [6, 6.07) is 14.1. The van der Waals surface area contributed by atoms with Crippen LogP contribution < -0.4 is 4.74 Å². The van der Waals surface area contributed by atoms with Gasteiger partial charge in [-0.1, -0.05) is 42.5 Å². The van der Waals surface area contributed by atoms with Crippen LogP contribution in [-0.2, 0) is 21.4 Å². The van der Waals surface area contributed by atoms with Crippen molar-refractivity contribution in [3.63, 3.8) is 0 Å². The van der Waals surface area contributed by atoms with Crippen LogP contribution in [0.25, 0.3) is 0 Å². The van der Waals surface area contributed by atoms with Gasteiger partial charge in [0.25, 0.3) is 0 Å². The van der Waals surface area contributed by atoms with Gasteiger partial charge in [0.05, 0.1) is 11.4 Å². The monoisotopic (exact) mass is 508 g/mol. The molecule has 2 atom stereocenters. The van der Waals surface area contributed by atoms with E-state index in [1.165, 1.54) is 22.5 Å². The van der Waals surface area contributed by atoms with Gasteiger partial charge in [0.15, 0.2) is 0 Å². The predicted molar refractivity (Wildman–Crippen MR) is 122 cm³/mol. The summed E-state index contributed by atoms with van der Waals surface area (Å²) < 4.78 is 69.4. The number of benzene rings is 2. The van der Waals surface area contributed by atoms with E-state index in [2.05, 4.69) is 4.74 Å². The van der Waals surface area contributed by atoms with Gasteiger partial charge >= 0.3 is 6.36 Å². The van der Waals surface area contributed by atoms with Crippen LogP contribution >= 0.6 is 12.4 Å². The molecule has 1 fully saturated rings. The van der Waals surface area contributed by atoms with Gasteiger partial charge in [0, 0.05) is 25.6 Å². The largest absolute Gasteiger partial charge is 0.573 e. The first-order chi connectivity index (χ1) is 14.9. The van der Waals surface area contributed by atoms with Crippen molar-refractivity contribution in [3.05, 3.63) is 65.7 Å². The number of rotatable bonds is 7. The molecule has 0 aliphatic carbocycles. The van der Waals surface area contributed by atoms with Gasteiger partial charge < -0.3 is 14.7 Å². The molecule has 2 aromatic carbocycles. The number of hydrogen-bond acceptors (Lipinski definition) is 5. The summed E-state index contributed by atoms with van der Waals surface area (Å²) in [6.45, 7) is 0.451. The molecule has 1 heterocycles. The molecule has 0 saturated carbocycles. The van der Waals surface area contributed by atoms with Crippen LogP contribution in [0.5, 0.6) is 5.75 Å². The van der Waals surface area contributed by atoms with E-state index < -0.39 is 33.7 Å². The Labute approximate surface area is 198 Å². The van der Waals surface area contributed by atoms with Crippen LogP contribution in [0.1, 0.15) is 17.5 Å². The lowest BCUT2D eigenvalue weighted by Crippen LogP contribution is -2.54. The maximum atomic E-state index is 13.0. The van der Waals surface area contributed by atoms with Crippen molar-refractivity contribution in [2.45, 2.75) is 24.1 Å². The summed E-state index contributed by atoms with van der Waals surface area (Å²) >= 11 is 0. The number of halogens is 4. The third kappa shape index (κ3) is 7.07. The standard InChI is InChI=1S/C22H27F3N2O4S.ClH/c1-26(2)14-19-15-27(32(29,30)16-17-7-4-3-5-8-17)12-11-21(19,28)18-9-6-10-20(13-18)31-22(23,24)25;/h3-10,13,19,28H,11-12,14-16H2,1-2H3;1H. The highest BCUT2D eigenvalue weighted by atomic mass is 35.5. The van der Waals surface area contributed by atoms with Crippen molar-refractivity contribution >= 4 is 22.4 Å². The molecular weight excluding hydrogens is 481 g/mol. The molecule has 0 spiro atoms. The average molecular weight is 509 g/mol. The van der Waals surface area contributed by atoms with Crippen LogP contribution in [0.3, 0.4) is 0 Å². The molecule has 0 amide bonds. The summed E-state index contributed by atoms with van der Waals surface area (Å²) in [4.78, 5) is 1.82. The topological polar surface area (TPSA) is 70.1 Å². The maximum Gasteiger partial charge on any atom is 0.573 e. The summed E-state index contributed by atoms with van der Waals surface area (Å²) in [7, 11) is -0.0540. The second-order valence-corrected chi connectivity index (χ2v) is 10.3. The first kappa shape index (κ1) is 27.4. The van der Waals surface area contributed by atoms with Crippen LogP contribution in [-0.4, -0.2) is 62.8 Å². The minimum Gasteiger partial charge on any atom is -0.406 e. The molecule has 1 aliphatic rings. The van der Waals surface area contributed by atoms with Gasteiger partial charge in [-0.3, -0.25) is 0 Å². The molecule has 0 bridgehead atoms. The van der Waals surface area contributed by atoms with E-state index in [4.69, 9.17) is 0 Å². The van der Waals surface area contributed by atoms with Crippen LogP contribution in [0.4, 0.5) is 13.2 Å². The normalized spacial score (nSPS) is 22.1. The first-order valence-corrected chi connectivity index (χ1v) is 11.7. The zero-order valence-electron chi connectivity index (χ0n) is 18.3. The molecule has 1 saturated heterocycles. The van der Waals surface area contributed by atoms with E-state index in [0.717, 1.165) is 0 Å². The number of sulfonamides is 1. The molecule has 184 valence electrons. The second-order valence-electron chi connectivity index (χ2n) is 8.31. The highest BCUT2D eigenvalue weighted by molar-refractivity contribution is 7.88. The van der Waals surface area contributed by atoms with Crippen LogP contribution in [0.15, 0.2) is 54.6 Å². The fraction of sp³-hybridized carbons (Fsp3) is 0.455. The Hall–Kier alpha value is -1.85. The molecule has 3 rings (SSSR count). The van der Waals surface area contributed by atoms with Crippen molar-refractivity contribution < 1.29 is 31.4 Å². The highest BCUT2D eigenvalue weighted by Crippen LogP contribution is 2.40. The van der Waals surface area contributed by atoms with Crippen molar-refractivity contribution in [1.82, 2.24) is 9.21 Å². The van der Waals surface area contributed by atoms with Gasteiger partial charge in [-0.15, -0.1) is 25.6 Å². The molecule has 1 N–H and O–H groups in total. The SMILES string of the molecule is CN(C)CC1CN(S(=O)(=O)Cc2ccccc2)CCC1(O)c1cccc(OC(F)(F)F)c1.Cl. The predicted octanol–water partition coefficient (Wildman–Crippen LogP) is 3.61. The van der Waals surface area contributed by atoms with Crippen molar-refractivity contribution in [3.8, 4) is 5.75 Å². The van der Waals surface area contributed by atoms with E-state index >= 15 is 0 Å². The van der Waals surface area contributed by atoms with Crippen molar-refractivity contribution in [1.29, 1.82) is 0 Å². The van der Waals surface area contributed by atoms with Crippen LogP contribution in [0.2, 0.25) is 0 Å². The van der Waals surface area contributed by atoms with E-state index in [-0.39, 0.29) is 43.2 Å². The minimum atomic E-state index is -4.85. The Morgan fingerprint density at radius 3 is 2.42 bits per heavy atom. The lowest BCUT2D eigenvalue weighted by atomic mass is 9.76. The van der Waals surface area contributed by atoms with Crippen LogP contribution in [0, 0.1) is 5.92 Å². The highest BCUT2D eigenvalue weighted by Gasteiger charge is 2.46. The van der Waals surface area contributed by atoms with Crippen molar-refractivity contribution in [2.75, 3.05) is 33.7 Å². The van der Waals surface area contributed by atoms with E-state index in [0.29, 0.717) is 12.1 Å². The van der Waals surface area contributed by atoms with E-state index in [1.54, 1.807) is 50.5 Å². The Morgan fingerprint density at radius 1 is 1.15 bits per heavy atom. The zero-order chi connectivity index (χ0) is 23.6. The molecule has 0 aromatic heterocycles. The molecule has 2 aromatic rings. The van der Waals surface area contributed by atoms with Gasteiger partial charge in [-0.2, -0.15) is 0 Å². The molecule has 1 aliphatic heterocycles. The number of piperidine rings is 1. The molecule has 6 nitrogen and oxygen atoms in total. The maximum absolute atomic E-state index is 13.0. The molecule has 2 unspecified atom stereocenters. The fourth-order valence-corrected chi connectivity index (χ4v) is 5.68. The molecule has 11 heteroatoms. The Balaban J connectivity index is 0.00000385. The van der Waals surface area contributed by atoms with E-state index in [9.17, 15) is 26.7 Å². The molecule has 33 heavy (non-hydrogen) atoms. The fourth-order valence-electron chi connectivity index (χ4n) is 4.11. The smallest absolute Gasteiger partial charge is 0.406 e. The third-order valence-corrected chi connectivity index (χ3v) is 7.40. The lowest BCUT2D eigenvalue weighted by Gasteiger charge is -2.45. The van der Waals surface area contributed by atoms with Crippen molar-refractivity contribution in [2.24, 2.45) is 5.92 Å². The van der Waals surface area contributed by atoms with Gasteiger partial charge in [-0.25, -0.2) is 12.7 Å². The average Bonchev–Trinajstić information content (AvgIpc) is 2.68. The second kappa shape index (κ2) is 10.6. The zero-order valence-corrected chi connectivity index (χ0v) is 20.0. The number of nitrogens with zero attached hydrogens (tertiary/aromatic N) is 2. The van der Waals surface area contributed by atoms with Gasteiger partial charge in [-0.05, 0) is 43.8 Å². The lowest BCUT2D eigenvalue weighted by molar-refractivity contribution is -0.274. The summed E-state index contributed by atoms with van der Waals surface area (Å²) in [5.41, 5.74) is -0.575. The number of ether oxygens (including phenoxy) is 1. The minimum absolute atomic E-state index is 0. The summed E-state index contributed by atoms with van der Waals surface area (Å²) in [5, 5.41) is 11.6. The Morgan fingerprint density at radius 2 is 1.82 bits per heavy atom. The van der Waals surface area contributed by atoms with Gasteiger partial charge in [0.2, 0.25) is 10.0 Å². The number of alkyl halides is 3. The number of aliphatic hydroxyl groups is 1. The number of hydrogen-bond donors (Lipinski definition) is 1. The summed E-state index contributed by atoms with van der Waals surface area (Å²) in [6.07, 6.45) is -4.80. The van der Waals surface area contributed by atoms with Gasteiger partial charge in [0.1, 0.15) is 5.75 Å². The Kier molecular flexibility index (Phi) is 8.80. The molecular formula is C22H28ClF3N2O4S. The quantitative estimate of drug-likeness (QED) is 0.619. The van der Waals surface area contributed by atoms with E-state index in [1.807, 2.05) is 4.90 Å². The third-order valence-electron chi connectivity index (χ3n) is 5.58. The molecule has 0 radical (unpaired) electrons. The Bertz CT molecular complexity index is 1020. The summed E-state index contributed by atoms with van der Waals surface area (Å²) in [5.74, 6) is -1.14.